The molecule has 0 radical (unpaired) electrons. The van der Waals surface area contributed by atoms with Crippen molar-refractivity contribution in [3.63, 3.8) is 0 Å². The SMILES string of the molecule is CC(C)CCCCCCCOP(=O)(OCCCCCCCC(C)C)OP(=O)(O)OCC(CO)(CO)CO. The summed E-state index contributed by atoms with van der Waals surface area (Å²) in [7, 11) is -9.38. The molecular weight excluding hydrogens is 522 g/mol. The van der Waals surface area contributed by atoms with Gasteiger partial charge in [-0.2, -0.15) is 4.31 Å². The molecule has 0 spiro atoms. The van der Waals surface area contributed by atoms with Crippen molar-refractivity contribution >= 4 is 15.6 Å². The van der Waals surface area contributed by atoms with Gasteiger partial charge in [0.2, 0.25) is 0 Å². The molecule has 0 saturated carbocycles. The van der Waals surface area contributed by atoms with Gasteiger partial charge in [0.1, 0.15) is 0 Å². The molecule has 37 heavy (non-hydrogen) atoms. The molecule has 1 atom stereocenters. The smallest absolute Gasteiger partial charge is 0.396 e. The van der Waals surface area contributed by atoms with E-state index in [2.05, 4.69) is 27.7 Å². The van der Waals surface area contributed by atoms with Crippen LogP contribution in [-0.4, -0.2) is 59.9 Å². The minimum atomic E-state index is -4.96. The number of phosphoric ester groups is 2. The molecule has 224 valence electrons. The van der Waals surface area contributed by atoms with Crippen LogP contribution in [0.5, 0.6) is 0 Å². The van der Waals surface area contributed by atoms with Crippen LogP contribution in [0.3, 0.4) is 0 Å². The van der Waals surface area contributed by atoms with E-state index in [-0.39, 0.29) is 13.2 Å². The second-order valence-corrected chi connectivity index (χ2v) is 14.1. The van der Waals surface area contributed by atoms with E-state index < -0.39 is 47.5 Å². The van der Waals surface area contributed by atoms with E-state index in [1.54, 1.807) is 0 Å². The summed E-state index contributed by atoms with van der Waals surface area (Å²) in [5.74, 6) is 1.36. The largest absolute Gasteiger partial charge is 0.483 e. The fourth-order valence-electron chi connectivity index (χ4n) is 3.46. The minimum absolute atomic E-state index is 0.0323. The molecule has 0 aromatic rings. The van der Waals surface area contributed by atoms with Crippen molar-refractivity contribution < 1.29 is 47.2 Å². The van der Waals surface area contributed by atoms with Crippen LogP contribution in [0.25, 0.3) is 0 Å². The highest BCUT2D eigenvalue weighted by molar-refractivity contribution is 7.61. The average molecular weight is 577 g/mol. The third-order valence-electron chi connectivity index (χ3n) is 6.09. The number of rotatable bonds is 26. The van der Waals surface area contributed by atoms with Crippen molar-refractivity contribution in [3.05, 3.63) is 0 Å². The average Bonchev–Trinajstić information content (AvgIpc) is 2.83. The number of hydrogen-bond donors (Lipinski definition) is 4. The zero-order valence-electron chi connectivity index (χ0n) is 23.5. The Labute approximate surface area is 224 Å². The molecule has 0 aromatic carbocycles. The van der Waals surface area contributed by atoms with Gasteiger partial charge in [-0.05, 0) is 24.7 Å². The summed E-state index contributed by atoms with van der Waals surface area (Å²) in [6, 6.07) is 0. The summed E-state index contributed by atoms with van der Waals surface area (Å²) in [5, 5.41) is 28.2. The first-order chi connectivity index (χ1) is 17.4. The molecule has 0 heterocycles. The predicted octanol–water partition coefficient (Wildman–Crippen LogP) is 6.22. The van der Waals surface area contributed by atoms with E-state index in [0.29, 0.717) is 24.7 Å². The molecule has 0 fully saturated rings. The molecule has 0 amide bonds. The maximum absolute atomic E-state index is 13.2. The van der Waals surface area contributed by atoms with Crippen LogP contribution in [0, 0.1) is 17.3 Å². The molecule has 0 aromatic heterocycles. The molecule has 4 N–H and O–H groups in total. The Balaban J connectivity index is 4.77. The summed E-state index contributed by atoms with van der Waals surface area (Å²) >= 11 is 0. The maximum Gasteiger partial charge on any atom is 0.483 e. The Morgan fingerprint density at radius 3 is 1.38 bits per heavy atom. The van der Waals surface area contributed by atoms with Crippen molar-refractivity contribution in [2.75, 3.05) is 39.6 Å². The van der Waals surface area contributed by atoms with E-state index >= 15 is 0 Å². The van der Waals surface area contributed by atoms with Gasteiger partial charge in [0.15, 0.2) is 0 Å². The van der Waals surface area contributed by atoms with Crippen LogP contribution in [0.2, 0.25) is 0 Å². The van der Waals surface area contributed by atoms with E-state index in [0.717, 1.165) is 51.4 Å². The highest BCUT2D eigenvalue weighted by Crippen LogP contribution is 2.63. The third kappa shape index (κ3) is 19.8. The van der Waals surface area contributed by atoms with Crippen LogP contribution in [-0.2, 0) is 27.0 Å². The third-order valence-corrected chi connectivity index (χ3v) is 9.17. The minimum Gasteiger partial charge on any atom is -0.396 e. The lowest BCUT2D eigenvalue weighted by molar-refractivity contribution is -0.0320. The van der Waals surface area contributed by atoms with Gasteiger partial charge in [0.05, 0.1) is 45.1 Å². The summed E-state index contributed by atoms with van der Waals surface area (Å²) < 4.78 is 46.0. The van der Waals surface area contributed by atoms with Gasteiger partial charge in [-0.15, -0.1) is 0 Å². The van der Waals surface area contributed by atoms with Gasteiger partial charge >= 0.3 is 15.6 Å². The normalized spacial score (nSPS) is 14.5. The molecule has 1 unspecified atom stereocenters. The van der Waals surface area contributed by atoms with Gasteiger partial charge in [-0.3, -0.25) is 13.6 Å². The molecule has 0 rings (SSSR count). The first-order valence-electron chi connectivity index (χ1n) is 13.8. The van der Waals surface area contributed by atoms with Crippen LogP contribution in [0.4, 0.5) is 0 Å². The van der Waals surface area contributed by atoms with Gasteiger partial charge in [0, 0.05) is 0 Å². The maximum atomic E-state index is 13.2. The second kappa shape index (κ2) is 21.0. The van der Waals surface area contributed by atoms with Crippen LogP contribution >= 0.6 is 15.6 Å². The van der Waals surface area contributed by atoms with Crippen molar-refractivity contribution in [3.8, 4) is 0 Å². The fraction of sp³-hybridized carbons (Fsp3) is 1.00. The van der Waals surface area contributed by atoms with E-state index in [1.165, 1.54) is 12.8 Å². The first kappa shape index (κ1) is 37.1. The van der Waals surface area contributed by atoms with Gasteiger partial charge in [-0.1, -0.05) is 91.9 Å². The van der Waals surface area contributed by atoms with Crippen molar-refractivity contribution in [1.82, 2.24) is 0 Å². The van der Waals surface area contributed by atoms with Crippen LogP contribution < -0.4 is 0 Å². The zero-order chi connectivity index (χ0) is 28.2. The second-order valence-electron chi connectivity index (χ2n) is 10.8. The van der Waals surface area contributed by atoms with Gasteiger partial charge in [-0.25, -0.2) is 9.13 Å². The first-order valence-corrected chi connectivity index (χ1v) is 16.8. The Kier molecular flexibility index (Phi) is 21.0. The lowest BCUT2D eigenvalue weighted by atomic mass is 9.93. The molecular formula is C25H54O10P2. The lowest BCUT2D eigenvalue weighted by Gasteiger charge is -2.28. The fourth-order valence-corrected chi connectivity index (χ4v) is 6.26. The Morgan fingerprint density at radius 1 is 0.622 bits per heavy atom. The quantitative estimate of drug-likeness (QED) is 0.0690. The van der Waals surface area contributed by atoms with Crippen molar-refractivity contribution in [2.24, 2.45) is 17.3 Å². The summed E-state index contributed by atoms with van der Waals surface area (Å²) in [4.78, 5) is 10.1. The highest BCUT2D eigenvalue weighted by Gasteiger charge is 2.40. The van der Waals surface area contributed by atoms with Crippen molar-refractivity contribution in [1.29, 1.82) is 0 Å². The standard InChI is InChI=1S/C25H54O10P2/c1-23(2)15-11-7-5-9-13-17-32-37(31,33-18-14-10-6-8-12-16-24(3)4)35-36(29,30)34-22-25(19-26,20-27)21-28/h23-24,26-28H,5-22H2,1-4H3,(H,29,30). The molecule has 12 heteroatoms. The van der Waals surface area contributed by atoms with Crippen molar-refractivity contribution in [2.45, 2.75) is 105 Å². The molecule has 0 aliphatic heterocycles. The van der Waals surface area contributed by atoms with Gasteiger partial charge < -0.3 is 20.2 Å². The Morgan fingerprint density at radius 2 is 1.00 bits per heavy atom. The number of unbranched alkanes of at least 4 members (excludes halogenated alkanes) is 8. The Hall–Kier alpha value is 0.140. The lowest BCUT2D eigenvalue weighted by Crippen LogP contribution is -2.38. The molecule has 0 aliphatic carbocycles. The van der Waals surface area contributed by atoms with Gasteiger partial charge in [0.25, 0.3) is 0 Å². The topological polar surface area (TPSA) is 152 Å². The van der Waals surface area contributed by atoms with Crippen LogP contribution in [0.1, 0.15) is 105 Å². The summed E-state index contributed by atoms with van der Waals surface area (Å²) in [5.41, 5.74) is -1.56. The van der Waals surface area contributed by atoms with E-state index in [9.17, 15) is 29.3 Å². The molecule has 10 nitrogen and oxygen atoms in total. The zero-order valence-corrected chi connectivity index (χ0v) is 25.3. The summed E-state index contributed by atoms with van der Waals surface area (Å²) in [6.45, 7) is 6.06. The monoisotopic (exact) mass is 576 g/mol. The number of aliphatic hydroxyl groups excluding tert-OH is 3. The number of aliphatic hydroxyl groups is 3. The molecule has 0 aliphatic rings. The molecule has 0 bridgehead atoms. The summed E-state index contributed by atoms with van der Waals surface area (Å²) in [6.07, 6.45) is 11.8. The van der Waals surface area contributed by atoms with E-state index in [4.69, 9.17) is 17.9 Å². The number of phosphoric acid groups is 2. The highest BCUT2D eigenvalue weighted by atomic mass is 31.3. The Bertz CT molecular complexity index is 605. The predicted molar refractivity (Wildman–Crippen MR) is 145 cm³/mol. The van der Waals surface area contributed by atoms with E-state index in [1.807, 2.05) is 0 Å². The molecule has 0 saturated heterocycles. The number of hydrogen-bond acceptors (Lipinski definition) is 9. The van der Waals surface area contributed by atoms with Crippen LogP contribution in [0.15, 0.2) is 0 Å².